The molecule has 1 fully saturated rings. The summed E-state index contributed by atoms with van der Waals surface area (Å²) in [5.74, 6) is 3.79. The summed E-state index contributed by atoms with van der Waals surface area (Å²) in [5, 5.41) is 0. The second kappa shape index (κ2) is 8.77. The number of aromatic nitrogens is 2. The minimum atomic E-state index is -0.282. The van der Waals surface area contributed by atoms with Crippen molar-refractivity contribution in [2.24, 2.45) is 0 Å². The molecule has 0 bridgehead atoms. The highest BCUT2D eigenvalue weighted by atomic mass is 19.1. The number of rotatable bonds is 6. The van der Waals surface area contributed by atoms with E-state index in [1.807, 2.05) is 36.4 Å². The average Bonchev–Trinajstić information content (AvgIpc) is 3.57. The summed E-state index contributed by atoms with van der Waals surface area (Å²) < 4.78 is 38.3. The van der Waals surface area contributed by atoms with Gasteiger partial charge in [0.2, 0.25) is 6.79 Å². The zero-order valence-electron chi connectivity index (χ0n) is 19.0. The molecule has 0 radical (unpaired) electrons. The van der Waals surface area contributed by atoms with Crippen molar-refractivity contribution < 1.29 is 23.0 Å². The lowest BCUT2D eigenvalue weighted by molar-refractivity contribution is 0.150. The Hall–Kier alpha value is -3.36. The number of imidazole rings is 1. The molecule has 0 saturated carbocycles. The molecular formula is C26H26FN3O4. The molecule has 0 spiro atoms. The first-order valence-electron chi connectivity index (χ1n) is 11.5. The predicted octanol–water partition coefficient (Wildman–Crippen LogP) is 5.15. The molecule has 7 nitrogen and oxygen atoms in total. The van der Waals surface area contributed by atoms with Crippen LogP contribution in [-0.4, -0.2) is 41.4 Å². The Kier molecular flexibility index (Phi) is 5.47. The summed E-state index contributed by atoms with van der Waals surface area (Å²) in [6, 6.07) is 15.0. The molecule has 2 aliphatic rings. The van der Waals surface area contributed by atoms with Crippen LogP contribution in [0.5, 0.6) is 11.5 Å². The number of fused-ring (bicyclic) bond motifs is 2. The van der Waals surface area contributed by atoms with Gasteiger partial charge in [0.25, 0.3) is 0 Å². The Balaban J connectivity index is 1.27. The van der Waals surface area contributed by atoms with Crippen molar-refractivity contribution in [1.29, 1.82) is 0 Å². The van der Waals surface area contributed by atoms with Gasteiger partial charge in [0, 0.05) is 37.9 Å². The topological polar surface area (TPSA) is 61.9 Å². The van der Waals surface area contributed by atoms with E-state index in [1.165, 1.54) is 12.1 Å². The standard InChI is InChI=1S/C26H26FN3O4/c1-31-15-21-5-4-20(34-21)14-29-10-8-19(9-11-29)30-23-6-3-18(27)13-22(23)28-26(30)17-2-7-24-25(12-17)33-16-32-24/h2-7,12-13,19H,8-11,14-16H2,1H3. The molecule has 2 aromatic heterocycles. The fourth-order valence-corrected chi connectivity index (χ4v) is 4.96. The molecule has 4 heterocycles. The van der Waals surface area contributed by atoms with Crippen LogP contribution in [-0.2, 0) is 17.9 Å². The number of halogens is 1. The fraction of sp³-hybridized carbons (Fsp3) is 0.346. The van der Waals surface area contributed by atoms with Gasteiger partial charge in [0.1, 0.15) is 29.8 Å². The summed E-state index contributed by atoms with van der Waals surface area (Å²) in [4.78, 5) is 7.25. The van der Waals surface area contributed by atoms with E-state index < -0.39 is 0 Å². The van der Waals surface area contributed by atoms with Crippen LogP contribution in [0.15, 0.2) is 52.9 Å². The Morgan fingerprint density at radius 1 is 1.00 bits per heavy atom. The quantitative estimate of drug-likeness (QED) is 0.394. The van der Waals surface area contributed by atoms with Crippen molar-refractivity contribution in [3.8, 4) is 22.9 Å². The van der Waals surface area contributed by atoms with E-state index in [2.05, 4.69) is 9.47 Å². The molecule has 176 valence electrons. The lowest BCUT2D eigenvalue weighted by atomic mass is 10.0. The van der Waals surface area contributed by atoms with E-state index in [9.17, 15) is 4.39 Å². The maximum absolute atomic E-state index is 14.0. The molecule has 4 aromatic rings. The molecule has 8 heteroatoms. The zero-order valence-corrected chi connectivity index (χ0v) is 19.0. The van der Waals surface area contributed by atoms with E-state index in [4.69, 9.17) is 23.6 Å². The molecule has 2 aliphatic heterocycles. The van der Waals surface area contributed by atoms with Gasteiger partial charge in [-0.2, -0.15) is 0 Å². The summed E-state index contributed by atoms with van der Waals surface area (Å²) in [6.45, 7) is 3.36. The van der Waals surface area contributed by atoms with Crippen molar-refractivity contribution in [2.45, 2.75) is 32.0 Å². The number of benzene rings is 2. The average molecular weight is 464 g/mol. The fourth-order valence-electron chi connectivity index (χ4n) is 4.96. The van der Waals surface area contributed by atoms with Crippen LogP contribution in [0.4, 0.5) is 4.39 Å². The van der Waals surface area contributed by atoms with Crippen molar-refractivity contribution in [1.82, 2.24) is 14.5 Å². The van der Waals surface area contributed by atoms with Crippen molar-refractivity contribution in [3.05, 3.63) is 65.9 Å². The lowest BCUT2D eigenvalue weighted by Crippen LogP contribution is -2.34. The molecule has 0 N–H and O–H groups in total. The van der Waals surface area contributed by atoms with Gasteiger partial charge in [-0.1, -0.05) is 0 Å². The number of furan rings is 1. The van der Waals surface area contributed by atoms with Crippen LogP contribution in [0.1, 0.15) is 30.4 Å². The second-order valence-corrected chi connectivity index (χ2v) is 8.81. The molecule has 0 amide bonds. The maximum atomic E-state index is 14.0. The summed E-state index contributed by atoms with van der Waals surface area (Å²) in [5.41, 5.74) is 2.55. The van der Waals surface area contributed by atoms with Crippen molar-refractivity contribution in [2.75, 3.05) is 27.0 Å². The number of methoxy groups -OCH3 is 1. The van der Waals surface area contributed by atoms with Gasteiger partial charge in [-0.25, -0.2) is 9.37 Å². The predicted molar refractivity (Wildman–Crippen MR) is 124 cm³/mol. The van der Waals surface area contributed by atoms with Gasteiger partial charge in [-0.3, -0.25) is 4.90 Å². The second-order valence-electron chi connectivity index (χ2n) is 8.81. The molecule has 0 aliphatic carbocycles. The third-order valence-corrected chi connectivity index (χ3v) is 6.59. The van der Waals surface area contributed by atoms with E-state index in [-0.39, 0.29) is 18.7 Å². The van der Waals surface area contributed by atoms with Crippen LogP contribution in [0.3, 0.4) is 0 Å². The first-order chi connectivity index (χ1) is 16.7. The van der Waals surface area contributed by atoms with Crippen LogP contribution >= 0.6 is 0 Å². The first-order valence-corrected chi connectivity index (χ1v) is 11.5. The highest BCUT2D eigenvalue weighted by Gasteiger charge is 2.27. The minimum Gasteiger partial charge on any atom is -0.462 e. The third kappa shape index (κ3) is 3.93. The molecule has 0 atom stereocenters. The van der Waals surface area contributed by atoms with Crippen molar-refractivity contribution >= 4 is 11.0 Å². The Labute approximate surface area is 196 Å². The number of likely N-dealkylation sites (tertiary alicyclic amines) is 1. The van der Waals surface area contributed by atoms with E-state index >= 15 is 0 Å². The van der Waals surface area contributed by atoms with Crippen LogP contribution in [0, 0.1) is 5.82 Å². The molecule has 0 unspecified atom stereocenters. The SMILES string of the molecule is COCc1ccc(CN2CCC(n3c(-c4ccc5c(c4)OCO5)nc4cc(F)ccc43)CC2)o1. The third-order valence-electron chi connectivity index (χ3n) is 6.59. The molecular weight excluding hydrogens is 437 g/mol. The normalized spacial score (nSPS) is 16.5. The van der Waals surface area contributed by atoms with Crippen LogP contribution in [0.25, 0.3) is 22.4 Å². The zero-order chi connectivity index (χ0) is 23.1. The maximum Gasteiger partial charge on any atom is 0.231 e. The lowest BCUT2D eigenvalue weighted by Gasteiger charge is -2.33. The van der Waals surface area contributed by atoms with E-state index in [1.54, 1.807) is 7.11 Å². The largest absolute Gasteiger partial charge is 0.462 e. The smallest absolute Gasteiger partial charge is 0.231 e. The highest BCUT2D eigenvalue weighted by molar-refractivity contribution is 5.81. The van der Waals surface area contributed by atoms with E-state index in [0.29, 0.717) is 17.9 Å². The minimum absolute atomic E-state index is 0.224. The highest BCUT2D eigenvalue weighted by Crippen LogP contribution is 2.39. The summed E-state index contributed by atoms with van der Waals surface area (Å²) in [7, 11) is 1.67. The first kappa shape index (κ1) is 21.2. The number of hydrogen-bond acceptors (Lipinski definition) is 6. The van der Waals surface area contributed by atoms with Gasteiger partial charge in [-0.15, -0.1) is 0 Å². The Morgan fingerprint density at radius 2 is 1.82 bits per heavy atom. The molecule has 6 rings (SSSR count). The Bertz CT molecular complexity index is 1320. The number of nitrogens with zero attached hydrogens (tertiary/aromatic N) is 3. The summed E-state index contributed by atoms with van der Waals surface area (Å²) in [6.07, 6.45) is 1.93. The van der Waals surface area contributed by atoms with Gasteiger partial charge in [0.05, 0.1) is 17.6 Å². The van der Waals surface area contributed by atoms with Gasteiger partial charge >= 0.3 is 0 Å². The molecule has 1 saturated heterocycles. The van der Waals surface area contributed by atoms with E-state index in [0.717, 1.165) is 66.7 Å². The monoisotopic (exact) mass is 463 g/mol. The van der Waals surface area contributed by atoms with Gasteiger partial charge in [-0.05, 0) is 55.3 Å². The van der Waals surface area contributed by atoms with Gasteiger partial charge < -0.3 is 23.2 Å². The summed E-state index contributed by atoms with van der Waals surface area (Å²) >= 11 is 0. The number of hydrogen-bond donors (Lipinski definition) is 0. The molecule has 34 heavy (non-hydrogen) atoms. The van der Waals surface area contributed by atoms with Gasteiger partial charge in [0.15, 0.2) is 11.5 Å². The van der Waals surface area contributed by atoms with Crippen LogP contribution in [0.2, 0.25) is 0 Å². The number of ether oxygens (including phenoxy) is 3. The Morgan fingerprint density at radius 3 is 2.68 bits per heavy atom. The van der Waals surface area contributed by atoms with Crippen LogP contribution < -0.4 is 9.47 Å². The van der Waals surface area contributed by atoms with Crippen molar-refractivity contribution in [3.63, 3.8) is 0 Å². The molecule has 2 aromatic carbocycles. The number of piperidine rings is 1.